The first-order valence-electron chi connectivity index (χ1n) is 15.1. The predicted octanol–water partition coefficient (Wildman–Crippen LogP) is 7.47. The normalized spacial score (nSPS) is 16.0. The second-order valence-corrected chi connectivity index (χ2v) is 12.3. The number of amides is 1. The van der Waals surface area contributed by atoms with Gasteiger partial charge in [0.2, 0.25) is 5.91 Å². The van der Waals surface area contributed by atoms with Crippen molar-refractivity contribution in [2.45, 2.75) is 84.8 Å². The third-order valence-electron chi connectivity index (χ3n) is 7.77. The van der Waals surface area contributed by atoms with Crippen LogP contribution in [0.3, 0.4) is 0 Å². The van der Waals surface area contributed by atoms with Crippen molar-refractivity contribution in [1.82, 2.24) is 10.3 Å². The summed E-state index contributed by atoms with van der Waals surface area (Å²) in [4.78, 5) is 30.3. The van der Waals surface area contributed by atoms with E-state index < -0.39 is 0 Å². The van der Waals surface area contributed by atoms with Crippen molar-refractivity contribution < 1.29 is 19.1 Å². The molecule has 0 radical (unpaired) electrons. The number of nitrogens with one attached hydrogen (secondary N) is 1. The van der Waals surface area contributed by atoms with Gasteiger partial charge in [-0.3, -0.25) is 9.59 Å². The molecule has 3 aromatic rings. The van der Waals surface area contributed by atoms with Gasteiger partial charge in [-0.25, -0.2) is 4.98 Å². The molecule has 2 unspecified atom stereocenters. The molecule has 0 bridgehead atoms. The second kappa shape index (κ2) is 15.7. The van der Waals surface area contributed by atoms with Gasteiger partial charge >= 0.3 is 5.97 Å². The van der Waals surface area contributed by atoms with Crippen molar-refractivity contribution in [2.24, 2.45) is 17.8 Å². The molecule has 220 valence electrons. The highest BCUT2D eigenvalue weighted by Crippen LogP contribution is 2.29. The number of carbonyl (C=O) groups is 2. The Kier molecular flexibility index (Phi) is 11.8. The third-order valence-corrected chi connectivity index (χ3v) is 8.78. The van der Waals surface area contributed by atoms with E-state index in [1.165, 1.54) is 6.42 Å². The van der Waals surface area contributed by atoms with Crippen molar-refractivity contribution in [3.05, 3.63) is 81.8 Å². The van der Waals surface area contributed by atoms with E-state index in [2.05, 4.69) is 41.9 Å². The number of carbonyl (C=O) groups excluding carboxylic acids is 2. The van der Waals surface area contributed by atoms with Crippen LogP contribution < -0.4 is 10.1 Å². The van der Waals surface area contributed by atoms with Crippen molar-refractivity contribution in [1.29, 1.82) is 0 Å². The fourth-order valence-corrected chi connectivity index (χ4v) is 6.44. The van der Waals surface area contributed by atoms with Gasteiger partial charge in [0.25, 0.3) is 0 Å². The third kappa shape index (κ3) is 9.70. The van der Waals surface area contributed by atoms with Crippen LogP contribution >= 0.6 is 11.3 Å². The molecule has 0 spiro atoms. The average molecular weight is 577 g/mol. The standard InChI is InChI=1S/C34H44N2O4S/c1-4-39-34(38)25(3)19-24(2)20-29-23-41-33(35-29)31(36-32(37)28-13-9-6-10-14-28)21-26-15-17-30(18-16-26)40-22-27-11-7-5-8-12-27/h5,7-8,11-12,15-18,23-25,28,31H,4,6,9-10,13-14,19-22H2,1-3H3,(H,36,37)/t24?,25?,31-/m0/s1. The summed E-state index contributed by atoms with van der Waals surface area (Å²) in [6.07, 6.45) is 7.60. The Morgan fingerprint density at radius 2 is 1.71 bits per heavy atom. The maximum atomic E-state index is 13.3. The lowest BCUT2D eigenvalue weighted by Crippen LogP contribution is -2.35. The van der Waals surface area contributed by atoms with Crippen LogP contribution in [0.25, 0.3) is 0 Å². The highest BCUT2D eigenvalue weighted by atomic mass is 32.1. The summed E-state index contributed by atoms with van der Waals surface area (Å²) in [5.41, 5.74) is 3.26. The van der Waals surface area contributed by atoms with E-state index in [9.17, 15) is 9.59 Å². The Hall–Kier alpha value is -3.19. The smallest absolute Gasteiger partial charge is 0.308 e. The minimum atomic E-state index is -0.187. The number of thiazole rings is 1. The van der Waals surface area contributed by atoms with Crippen LogP contribution in [0.15, 0.2) is 60.0 Å². The van der Waals surface area contributed by atoms with Gasteiger partial charge < -0.3 is 14.8 Å². The quantitative estimate of drug-likeness (QED) is 0.201. The Balaban J connectivity index is 1.41. The number of esters is 1. The van der Waals surface area contributed by atoms with E-state index in [4.69, 9.17) is 14.5 Å². The summed E-state index contributed by atoms with van der Waals surface area (Å²) in [5, 5.41) is 6.39. The number of hydrogen-bond donors (Lipinski definition) is 1. The first-order chi connectivity index (χ1) is 19.9. The SMILES string of the molecule is CCOC(=O)C(C)CC(C)Cc1csc([C@H](Cc2ccc(OCc3ccccc3)cc2)NC(=O)C2CCCCC2)n1. The average Bonchev–Trinajstić information content (AvgIpc) is 3.45. The molecule has 7 heteroatoms. The summed E-state index contributed by atoms with van der Waals surface area (Å²) in [6, 6.07) is 18.1. The van der Waals surface area contributed by atoms with E-state index in [1.54, 1.807) is 11.3 Å². The predicted molar refractivity (Wildman–Crippen MR) is 164 cm³/mol. The molecular weight excluding hydrogens is 532 g/mol. The van der Waals surface area contributed by atoms with Gasteiger partial charge in [0.15, 0.2) is 0 Å². The summed E-state index contributed by atoms with van der Waals surface area (Å²) < 4.78 is 11.1. The number of hydrogen-bond acceptors (Lipinski definition) is 6. The molecule has 1 N–H and O–H groups in total. The molecule has 0 saturated heterocycles. The maximum absolute atomic E-state index is 13.3. The summed E-state index contributed by atoms with van der Waals surface area (Å²) in [5.74, 6) is 1.08. The molecule has 1 aliphatic rings. The maximum Gasteiger partial charge on any atom is 0.308 e. The van der Waals surface area contributed by atoms with Crippen molar-refractivity contribution in [2.75, 3.05) is 6.61 Å². The van der Waals surface area contributed by atoms with Gasteiger partial charge in [0, 0.05) is 11.3 Å². The molecule has 1 amide bonds. The molecule has 41 heavy (non-hydrogen) atoms. The molecule has 0 aliphatic heterocycles. The fourth-order valence-electron chi connectivity index (χ4n) is 5.55. The van der Waals surface area contributed by atoms with E-state index in [1.807, 2.05) is 44.2 Å². The number of aromatic nitrogens is 1. The summed E-state index contributed by atoms with van der Waals surface area (Å²) >= 11 is 1.61. The highest BCUT2D eigenvalue weighted by Gasteiger charge is 2.26. The second-order valence-electron chi connectivity index (χ2n) is 11.4. The zero-order valence-corrected chi connectivity index (χ0v) is 25.5. The zero-order chi connectivity index (χ0) is 29.0. The lowest BCUT2D eigenvalue weighted by Gasteiger charge is -2.24. The van der Waals surface area contributed by atoms with E-state index in [0.717, 1.165) is 66.1 Å². The lowest BCUT2D eigenvalue weighted by molar-refractivity contribution is -0.148. The Morgan fingerprint density at radius 1 is 0.976 bits per heavy atom. The highest BCUT2D eigenvalue weighted by molar-refractivity contribution is 7.09. The molecule has 1 aromatic heterocycles. The van der Waals surface area contributed by atoms with Crippen LogP contribution in [0.4, 0.5) is 0 Å². The minimum Gasteiger partial charge on any atom is -0.489 e. The molecule has 6 nitrogen and oxygen atoms in total. The van der Waals surface area contributed by atoms with Gasteiger partial charge in [0.05, 0.1) is 24.3 Å². The van der Waals surface area contributed by atoms with Gasteiger partial charge in [-0.15, -0.1) is 11.3 Å². The topological polar surface area (TPSA) is 77.5 Å². The molecule has 2 aromatic carbocycles. The van der Waals surface area contributed by atoms with Crippen molar-refractivity contribution in [3.63, 3.8) is 0 Å². The molecule has 1 fully saturated rings. The Bertz CT molecular complexity index is 1220. The first kappa shape index (κ1) is 30.8. The summed E-state index contributed by atoms with van der Waals surface area (Å²) in [6.45, 7) is 6.85. The molecular formula is C34H44N2O4S. The number of nitrogens with zero attached hydrogens (tertiary/aromatic N) is 1. The van der Waals surface area contributed by atoms with Crippen LogP contribution in [-0.4, -0.2) is 23.5 Å². The number of benzene rings is 2. The molecule has 3 atom stereocenters. The van der Waals surface area contributed by atoms with Crippen LogP contribution in [0.5, 0.6) is 5.75 Å². The van der Waals surface area contributed by atoms with Crippen LogP contribution in [0.2, 0.25) is 0 Å². The van der Waals surface area contributed by atoms with Crippen LogP contribution in [0, 0.1) is 17.8 Å². The Morgan fingerprint density at radius 3 is 2.41 bits per heavy atom. The van der Waals surface area contributed by atoms with E-state index >= 15 is 0 Å². The minimum absolute atomic E-state index is 0.0869. The van der Waals surface area contributed by atoms with Gasteiger partial charge in [-0.05, 0) is 68.2 Å². The molecule has 1 aliphatic carbocycles. The van der Waals surface area contributed by atoms with Gasteiger partial charge in [-0.2, -0.15) is 0 Å². The van der Waals surface area contributed by atoms with E-state index in [0.29, 0.717) is 25.6 Å². The Labute approximate surface area is 248 Å². The first-order valence-corrected chi connectivity index (χ1v) is 16.0. The molecule has 4 rings (SSSR count). The fraction of sp³-hybridized carbons (Fsp3) is 0.500. The number of ether oxygens (including phenoxy) is 2. The zero-order valence-electron chi connectivity index (χ0n) is 24.6. The molecule has 1 heterocycles. The van der Waals surface area contributed by atoms with E-state index in [-0.39, 0.29) is 29.8 Å². The van der Waals surface area contributed by atoms with Crippen LogP contribution in [-0.2, 0) is 33.8 Å². The lowest BCUT2D eigenvalue weighted by atomic mass is 9.88. The van der Waals surface area contributed by atoms with Crippen molar-refractivity contribution in [3.8, 4) is 5.75 Å². The molecule has 1 saturated carbocycles. The van der Waals surface area contributed by atoms with Gasteiger partial charge in [0.1, 0.15) is 17.4 Å². The number of rotatable bonds is 14. The summed E-state index contributed by atoms with van der Waals surface area (Å²) in [7, 11) is 0. The monoisotopic (exact) mass is 576 g/mol. The largest absolute Gasteiger partial charge is 0.489 e. The van der Waals surface area contributed by atoms with Gasteiger partial charge in [-0.1, -0.05) is 75.6 Å². The van der Waals surface area contributed by atoms with Crippen LogP contribution in [0.1, 0.15) is 87.2 Å². The van der Waals surface area contributed by atoms with Crippen molar-refractivity contribution >= 4 is 23.2 Å².